The zero-order chi connectivity index (χ0) is 14.7. The minimum Gasteiger partial charge on any atom is -0.541 e. The summed E-state index contributed by atoms with van der Waals surface area (Å²) < 4.78 is 11.8. The van der Waals surface area contributed by atoms with E-state index in [2.05, 4.69) is 51.3 Å². The maximum Gasteiger partial charge on any atom is 0.250 e. The maximum absolute atomic E-state index is 6.36. The molecule has 0 aliphatic heterocycles. The van der Waals surface area contributed by atoms with Crippen LogP contribution in [0.4, 0.5) is 0 Å². The van der Waals surface area contributed by atoms with E-state index in [1.165, 1.54) is 5.56 Å². The SMILES string of the molecule is CNCc1ccc(OC)c(O[Si](C)(C)C(C)(C)C)c1. The molecule has 0 radical (unpaired) electrons. The molecule has 0 fully saturated rings. The van der Waals surface area contributed by atoms with Gasteiger partial charge in [-0.05, 0) is 42.9 Å². The molecule has 1 N–H and O–H groups in total. The molecule has 0 aliphatic rings. The molecule has 4 heteroatoms. The summed E-state index contributed by atoms with van der Waals surface area (Å²) in [6, 6.07) is 6.12. The molecule has 0 heterocycles. The molecule has 0 saturated carbocycles. The van der Waals surface area contributed by atoms with E-state index in [1.807, 2.05) is 13.1 Å². The van der Waals surface area contributed by atoms with Crippen LogP contribution in [-0.2, 0) is 6.54 Å². The zero-order valence-corrected chi connectivity index (χ0v) is 14.3. The van der Waals surface area contributed by atoms with Crippen molar-refractivity contribution in [2.24, 2.45) is 0 Å². The number of methoxy groups -OCH3 is 1. The van der Waals surface area contributed by atoms with Crippen LogP contribution in [0.15, 0.2) is 18.2 Å². The molecular weight excluding hydrogens is 254 g/mol. The van der Waals surface area contributed by atoms with Gasteiger partial charge in [0, 0.05) is 6.54 Å². The van der Waals surface area contributed by atoms with Gasteiger partial charge in [-0.3, -0.25) is 0 Å². The number of nitrogens with one attached hydrogen (secondary N) is 1. The summed E-state index contributed by atoms with van der Waals surface area (Å²) in [5.74, 6) is 1.67. The molecule has 0 aromatic heterocycles. The molecule has 0 saturated heterocycles. The first-order valence-corrected chi connectivity index (χ1v) is 9.62. The summed E-state index contributed by atoms with van der Waals surface area (Å²) in [6.45, 7) is 12.0. The highest BCUT2D eigenvalue weighted by Gasteiger charge is 2.39. The molecule has 1 aromatic carbocycles. The van der Waals surface area contributed by atoms with Gasteiger partial charge in [-0.1, -0.05) is 26.8 Å². The maximum atomic E-state index is 6.36. The number of benzene rings is 1. The molecule has 0 spiro atoms. The number of rotatable bonds is 5. The lowest BCUT2D eigenvalue weighted by molar-refractivity contribution is 0.385. The van der Waals surface area contributed by atoms with Crippen LogP contribution in [0.25, 0.3) is 0 Å². The Balaban J connectivity index is 3.07. The highest BCUT2D eigenvalue weighted by molar-refractivity contribution is 6.74. The molecule has 19 heavy (non-hydrogen) atoms. The molecule has 0 amide bonds. The second kappa shape index (κ2) is 5.97. The van der Waals surface area contributed by atoms with Crippen molar-refractivity contribution in [2.45, 2.75) is 45.4 Å². The Morgan fingerprint density at radius 2 is 1.79 bits per heavy atom. The highest BCUT2D eigenvalue weighted by atomic mass is 28.4. The lowest BCUT2D eigenvalue weighted by Crippen LogP contribution is -2.43. The van der Waals surface area contributed by atoms with Crippen molar-refractivity contribution >= 4 is 8.32 Å². The van der Waals surface area contributed by atoms with Crippen LogP contribution in [0.1, 0.15) is 26.3 Å². The molecule has 1 rings (SSSR count). The molecule has 0 aliphatic carbocycles. The average molecular weight is 281 g/mol. The van der Waals surface area contributed by atoms with Crippen molar-refractivity contribution < 1.29 is 9.16 Å². The summed E-state index contributed by atoms with van der Waals surface area (Å²) in [7, 11) is 1.79. The molecule has 0 unspecified atom stereocenters. The first-order valence-electron chi connectivity index (χ1n) is 6.72. The van der Waals surface area contributed by atoms with E-state index in [1.54, 1.807) is 7.11 Å². The van der Waals surface area contributed by atoms with E-state index in [-0.39, 0.29) is 5.04 Å². The first kappa shape index (κ1) is 16.1. The van der Waals surface area contributed by atoms with Crippen LogP contribution < -0.4 is 14.5 Å². The number of hydrogen-bond acceptors (Lipinski definition) is 3. The Morgan fingerprint density at radius 1 is 1.16 bits per heavy atom. The Kier molecular flexibility index (Phi) is 5.04. The zero-order valence-electron chi connectivity index (χ0n) is 13.3. The number of ether oxygens (including phenoxy) is 1. The van der Waals surface area contributed by atoms with Gasteiger partial charge in [0.05, 0.1) is 7.11 Å². The van der Waals surface area contributed by atoms with Gasteiger partial charge in [0.15, 0.2) is 5.75 Å². The van der Waals surface area contributed by atoms with E-state index < -0.39 is 8.32 Å². The van der Waals surface area contributed by atoms with Gasteiger partial charge in [-0.15, -0.1) is 0 Å². The van der Waals surface area contributed by atoms with E-state index >= 15 is 0 Å². The van der Waals surface area contributed by atoms with E-state index in [0.717, 1.165) is 18.0 Å². The monoisotopic (exact) mass is 281 g/mol. The third-order valence-electron chi connectivity index (χ3n) is 3.78. The fourth-order valence-electron chi connectivity index (χ4n) is 1.54. The largest absolute Gasteiger partial charge is 0.541 e. The topological polar surface area (TPSA) is 30.5 Å². The van der Waals surface area contributed by atoms with Crippen LogP contribution in [0.5, 0.6) is 11.5 Å². The van der Waals surface area contributed by atoms with Crippen molar-refractivity contribution in [2.75, 3.05) is 14.2 Å². The Hall–Kier alpha value is -1.00. The smallest absolute Gasteiger partial charge is 0.250 e. The average Bonchev–Trinajstić information content (AvgIpc) is 2.28. The molecule has 0 atom stereocenters. The normalized spacial score (nSPS) is 12.4. The molecule has 108 valence electrons. The van der Waals surface area contributed by atoms with Gasteiger partial charge in [0.25, 0.3) is 8.32 Å². The molecule has 0 bridgehead atoms. The fourth-order valence-corrected chi connectivity index (χ4v) is 2.56. The Bertz CT molecular complexity index is 425. The van der Waals surface area contributed by atoms with Crippen molar-refractivity contribution in [1.82, 2.24) is 5.32 Å². The van der Waals surface area contributed by atoms with E-state index in [4.69, 9.17) is 9.16 Å². The van der Waals surface area contributed by atoms with E-state index in [0.29, 0.717) is 0 Å². The summed E-state index contributed by atoms with van der Waals surface area (Å²) in [5, 5.41) is 3.33. The van der Waals surface area contributed by atoms with Crippen molar-refractivity contribution in [3.05, 3.63) is 23.8 Å². The summed E-state index contributed by atoms with van der Waals surface area (Å²) in [4.78, 5) is 0. The second-order valence-electron chi connectivity index (χ2n) is 6.38. The van der Waals surface area contributed by atoms with Crippen LogP contribution in [0.2, 0.25) is 18.1 Å². The summed E-state index contributed by atoms with van der Waals surface area (Å²) >= 11 is 0. The predicted molar refractivity (Wildman–Crippen MR) is 83.6 cm³/mol. The third kappa shape index (κ3) is 3.98. The molecule has 1 aromatic rings. The van der Waals surface area contributed by atoms with Gasteiger partial charge in [0.2, 0.25) is 0 Å². The van der Waals surface area contributed by atoms with Crippen molar-refractivity contribution in [1.29, 1.82) is 0 Å². The summed E-state index contributed by atoms with van der Waals surface area (Å²) in [6.07, 6.45) is 0. The van der Waals surface area contributed by atoms with Gasteiger partial charge >= 0.3 is 0 Å². The van der Waals surface area contributed by atoms with Crippen LogP contribution in [0.3, 0.4) is 0 Å². The first-order chi connectivity index (χ1) is 8.71. The highest BCUT2D eigenvalue weighted by Crippen LogP contribution is 2.40. The Labute approximate surface area is 118 Å². The van der Waals surface area contributed by atoms with Gasteiger partial charge in [0.1, 0.15) is 5.75 Å². The quantitative estimate of drug-likeness (QED) is 0.833. The standard InChI is InChI=1S/C15H27NO2Si/c1-15(2,3)19(6,7)18-14-10-12(11-16-4)8-9-13(14)17-5/h8-10,16H,11H2,1-7H3. The van der Waals surface area contributed by atoms with Crippen LogP contribution >= 0.6 is 0 Å². The summed E-state index contributed by atoms with van der Waals surface area (Å²) in [5.41, 5.74) is 1.21. The lowest BCUT2D eigenvalue weighted by atomic mass is 10.2. The van der Waals surface area contributed by atoms with E-state index in [9.17, 15) is 0 Å². The third-order valence-corrected chi connectivity index (χ3v) is 8.12. The minimum absolute atomic E-state index is 0.178. The van der Waals surface area contributed by atoms with Crippen molar-refractivity contribution in [3.63, 3.8) is 0 Å². The van der Waals surface area contributed by atoms with Crippen molar-refractivity contribution in [3.8, 4) is 11.5 Å². The fraction of sp³-hybridized carbons (Fsp3) is 0.600. The van der Waals surface area contributed by atoms with Gasteiger partial charge < -0.3 is 14.5 Å². The Morgan fingerprint density at radius 3 is 2.26 bits per heavy atom. The molecule has 3 nitrogen and oxygen atoms in total. The predicted octanol–water partition coefficient (Wildman–Crippen LogP) is 3.80. The van der Waals surface area contributed by atoms with Crippen LogP contribution in [-0.4, -0.2) is 22.5 Å². The lowest BCUT2D eigenvalue weighted by Gasteiger charge is -2.36. The number of hydrogen-bond donors (Lipinski definition) is 1. The van der Waals surface area contributed by atoms with Gasteiger partial charge in [-0.2, -0.15) is 0 Å². The second-order valence-corrected chi connectivity index (χ2v) is 11.1. The van der Waals surface area contributed by atoms with Crippen LogP contribution in [0, 0.1) is 0 Å². The van der Waals surface area contributed by atoms with Gasteiger partial charge in [-0.25, -0.2) is 0 Å². The molecular formula is C15H27NO2Si. The minimum atomic E-state index is -1.84.